The summed E-state index contributed by atoms with van der Waals surface area (Å²) >= 11 is 0. The minimum atomic E-state index is -7.32. The number of halogens is 11. The molecular formula is C17H13F11O3. The topological polar surface area (TPSA) is 46.5 Å². The molecule has 0 radical (unpaired) electrons. The molecule has 1 aromatic carbocycles. The zero-order valence-electron chi connectivity index (χ0n) is 15.4. The van der Waals surface area contributed by atoms with Crippen LogP contribution in [0.4, 0.5) is 48.3 Å². The monoisotopic (exact) mass is 474 g/mol. The Morgan fingerprint density at radius 1 is 0.806 bits per heavy atom. The van der Waals surface area contributed by atoms with Crippen LogP contribution in [0, 0.1) is 0 Å². The van der Waals surface area contributed by atoms with E-state index in [1.54, 1.807) is 0 Å². The van der Waals surface area contributed by atoms with Crippen LogP contribution < -0.4 is 4.74 Å². The van der Waals surface area contributed by atoms with Crippen molar-refractivity contribution in [3.8, 4) is 5.75 Å². The van der Waals surface area contributed by atoms with Gasteiger partial charge >= 0.3 is 35.6 Å². The van der Waals surface area contributed by atoms with E-state index in [2.05, 4.69) is 4.74 Å². The highest BCUT2D eigenvalue weighted by atomic mass is 19.4. The number of aliphatic hydroxyl groups is 1. The minimum Gasteiger partial charge on any atom is -0.427 e. The van der Waals surface area contributed by atoms with Crippen LogP contribution >= 0.6 is 0 Å². The standard InChI is InChI=1S/C17H13F11O3/c1-8(29)31-10-5-3-9(4-6-10)11(2,30)7-12(18)13(19,20)15(23,24)17(27,28)16(25,26)14(12,21)22/h3-6,30H,7H2,1-2H3. The van der Waals surface area contributed by atoms with E-state index in [0.717, 1.165) is 19.1 Å². The third-order valence-electron chi connectivity index (χ3n) is 4.90. The quantitative estimate of drug-likeness (QED) is 0.375. The van der Waals surface area contributed by atoms with Crippen LogP contribution in [0.2, 0.25) is 0 Å². The Bertz CT molecular complexity index is 833. The van der Waals surface area contributed by atoms with E-state index < -0.39 is 58.8 Å². The molecule has 0 bridgehead atoms. The Morgan fingerprint density at radius 2 is 1.16 bits per heavy atom. The normalized spacial score (nSPS) is 26.5. The van der Waals surface area contributed by atoms with Gasteiger partial charge in [-0.3, -0.25) is 4.79 Å². The van der Waals surface area contributed by atoms with Gasteiger partial charge in [0.1, 0.15) is 5.75 Å². The molecule has 1 saturated carbocycles. The van der Waals surface area contributed by atoms with Crippen molar-refractivity contribution in [3.63, 3.8) is 0 Å². The highest BCUT2D eigenvalue weighted by molar-refractivity contribution is 5.69. The Balaban J connectivity index is 2.60. The number of esters is 1. The predicted molar refractivity (Wildman–Crippen MR) is 80.5 cm³/mol. The SMILES string of the molecule is CC(=O)Oc1ccc(C(C)(O)CC2(F)C(F)(F)C(F)(F)C(F)(F)C(F)(F)C2(F)F)cc1. The van der Waals surface area contributed by atoms with Gasteiger partial charge in [0.15, 0.2) is 0 Å². The van der Waals surface area contributed by atoms with Crippen molar-refractivity contribution in [3.05, 3.63) is 29.8 Å². The first-order valence-corrected chi connectivity index (χ1v) is 8.19. The fourth-order valence-electron chi connectivity index (χ4n) is 3.13. The van der Waals surface area contributed by atoms with Crippen molar-refractivity contribution >= 4 is 5.97 Å². The molecule has 0 saturated heterocycles. The largest absolute Gasteiger partial charge is 0.427 e. The molecular weight excluding hydrogens is 461 g/mol. The maximum absolute atomic E-state index is 14.9. The van der Waals surface area contributed by atoms with Crippen LogP contribution in [0.15, 0.2) is 24.3 Å². The third kappa shape index (κ3) is 3.08. The Kier molecular flexibility index (Phi) is 5.42. The minimum absolute atomic E-state index is 0.229. The molecule has 0 heterocycles. The van der Waals surface area contributed by atoms with Gasteiger partial charge in [-0.25, -0.2) is 4.39 Å². The lowest BCUT2D eigenvalue weighted by molar-refractivity contribution is -0.488. The van der Waals surface area contributed by atoms with Crippen LogP contribution in [0.3, 0.4) is 0 Å². The van der Waals surface area contributed by atoms with Crippen LogP contribution in [0.5, 0.6) is 5.75 Å². The molecule has 3 nitrogen and oxygen atoms in total. The second kappa shape index (κ2) is 6.69. The van der Waals surface area contributed by atoms with Crippen molar-refractivity contribution in [2.45, 2.75) is 61.2 Å². The summed E-state index contributed by atoms with van der Waals surface area (Å²) in [6, 6.07) is 3.10. The summed E-state index contributed by atoms with van der Waals surface area (Å²) in [5.74, 6) is -36.9. The molecule has 1 N–H and O–H groups in total. The molecule has 1 unspecified atom stereocenters. The summed E-state index contributed by atoms with van der Waals surface area (Å²) in [4.78, 5) is 10.8. The average Bonchev–Trinajstić information content (AvgIpc) is 2.59. The lowest BCUT2D eigenvalue weighted by Crippen LogP contribution is -2.84. The van der Waals surface area contributed by atoms with E-state index in [9.17, 15) is 58.2 Å². The Morgan fingerprint density at radius 3 is 1.52 bits per heavy atom. The maximum atomic E-state index is 14.9. The number of carbonyl (C=O) groups is 1. The van der Waals surface area contributed by atoms with Crippen LogP contribution in [-0.2, 0) is 10.4 Å². The first-order chi connectivity index (χ1) is 13.6. The van der Waals surface area contributed by atoms with E-state index in [1.165, 1.54) is 0 Å². The molecule has 0 aliphatic heterocycles. The number of rotatable bonds is 4. The summed E-state index contributed by atoms with van der Waals surface area (Å²) in [6.45, 7) is 1.31. The summed E-state index contributed by atoms with van der Waals surface area (Å²) in [5.41, 5.74) is -10.3. The molecule has 1 aromatic rings. The lowest BCUT2D eigenvalue weighted by atomic mass is 9.67. The molecule has 0 spiro atoms. The zero-order valence-corrected chi connectivity index (χ0v) is 15.4. The van der Waals surface area contributed by atoms with E-state index in [1.807, 2.05) is 0 Å². The number of alkyl halides is 11. The Hall–Kier alpha value is -2.12. The second-order valence-electron chi connectivity index (χ2n) is 7.24. The van der Waals surface area contributed by atoms with Crippen molar-refractivity contribution in [1.82, 2.24) is 0 Å². The second-order valence-corrected chi connectivity index (χ2v) is 7.24. The highest BCUT2D eigenvalue weighted by Gasteiger charge is 3.01. The van der Waals surface area contributed by atoms with Gasteiger partial charge in [0.25, 0.3) is 5.67 Å². The van der Waals surface area contributed by atoms with E-state index in [4.69, 9.17) is 0 Å². The van der Waals surface area contributed by atoms with E-state index in [0.29, 0.717) is 19.1 Å². The number of hydrogen-bond acceptors (Lipinski definition) is 3. The lowest BCUT2D eigenvalue weighted by Gasteiger charge is -2.53. The number of hydrogen-bond donors (Lipinski definition) is 1. The van der Waals surface area contributed by atoms with Gasteiger partial charge in [0.05, 0.1) is 5.60 Å². The number of benzene rings is 1. The highest BCUT2D eigenvalue weighted by Crippen LogP contribution is 2.71. The van der Waals surface area contributed by atoms with Crippen molar-refractivity contribution < 1.29 is 62.9 Å². The van der Waals surface area contributed by atoms with Crippen LogP contribution in [0.1, 0.15) is 25.8 Å². The summed E-state index contributed by atoms with van der Waals surface area (Å²) in [6.07, 6.45) is -2.83. The van der Waals surface area contributed by atoms with Gasteiger partial charge < -0.3 is 9.84 Å². The molecule has 0 amide bonds. The van der Waals surface area contributed by atoms with Crippen LogP contribution in [-0.4, -0.2) is 46.4 Å². The van der Waals surface area contributed by atoms with Crippen molar-refractivity contribution in [1.29, 1.82) is 0 Å². The molecule has 14 heteroatoms. The van der Waals surface area contributed by atoms with Crippen LogP contribution in [0.25, 0.3) is 0 Å². The first kappa shape index (κ1) is 25.1. The maximum Gasteiger partial charge on any atom is 0.384 e. The molecule has 2 rings (SSSR count). The average molecular weight is 474 g/mol. The molecule has 176 valence electrons. The fraction of sp³-hybridized carbons (Fsp3) is 0.588. The predicted octanol–water partition coefficient (Wildman–Crippen LogP) is 5.11. The molecule has 1 atom stereocenters. The van der Waals surface area contributed by atoms with E-state index >= 15 is 0 Å². The zero-order chi connectivity index (χ0) is 24.5. The first-order valence-electron chi connectivity index (χ1n) is 8.19. The molecule has 1 aliphatic carbocycles. The van der Waals surface area contributed by atoms with E-state index in [-0.39, 0.29) is 5.75 Å². The molecule has 31 heavy (non-hydrogen) atoms. The molecule has 0 aromatic heterocycles. The summed E-state index contributed by atoms with van der Waals surface area (Å²) in [5, 5.41) is 10.2. The van der Waals surface area contributed by atoms with Gasteiger partial charge in [0, 0.05) is 13.3 Å². The summed E-state index contributed by atoms with van der Waals surface area (Å²) in [7, 11) is 0. The smallest absolute Gasteiger partial charge is 0.384 e. The van der Waals surface area contributed by atoms with Gasteiger partial charge in [-0.1, -0.05) is 12.1 Å². The number of ether oxygens (including phenoxy) is 1. The van der Waals surface area contributed by atoms with Gasteiger partial charge in [-0.2, -0.15) is 43.9 Å². The Labute approximate surface area is 166 Å². The third-order valence-corrected chi connectivity index (χ3v) is 4.90. The van der Waals surface area contributed by atoms with Gasteiger partial charge in [-0.15, -0.1) is 0 Å². The fourth-order valence-corrected chi connectivity index (χ4v) is 3.13. The van der Waals surface area contributed by atoms with Crippen molar-refractivity contribution in [2.24, 2.45) is 0 Å². The van der Waals surface area contributed by atoms with Gasteiger partial charge in [-0.05, 0) is 24.6 Å². The number of carbonyl (C=O) groups excluding carboxylic acids is 1. The summed E-state index contributed by atoms with van der Waals surface area (Å²) < 4.78 is 156. The molecule has 1 aliphatic rings. The van der Waals surface area contributed by atoms with Gasteiger partial charge in [0.2, 0.25) is 0 Å². The molecule has 1 fully saturated rings. The van der Waals surface area contributed by atoms with Crippen molar-refractivity contribution in [2.75, 3.05) is 0 Å².